The minimum atomic E-state index is 0. The van der Waals surface area contributed by atoms with E-state index in [1.807, 2.05) is 18.3 Å². The van der Waals surface area contributed by atoms with Crippen LogP contribution in [0.5, 0.6) is 5.88 Å². The van der Waals surface area contributed by atoms with E-state index in [1.54, 1.807) is 7.11 Å². The molecule has 154 valence electrons. The standard InChI is InChI=1S/C19H32N4O3.HI/c1-3-20-19(21-9-4-10-25-12-11-24-2)23-14-17-7-8-18(22-13-17)26-15-16-5-6-16;/h7-8,13,16H,3-6,9-12,14-15H2,1-2H3,(H2,20,21,23);1H. The molecule has 1 aromatic rings. The minimum Gasteiger partial charge on any atom is -0.477 e. The van der Waals surface area contributed by atoms with Crippen LogP contribution in [0.4, 0.5) is 0 Å². The summed E-state index contributed by atoms with van der Waals surface area (Å²) < 4.78 is 16.1. The number of aliphatic imine (C=N–C) groups is 1. The number of ether oxygens (including phenoxy) is 3. The Morgan fingerprint density at radius 1 is 1.22 bits per heavy atom. The molecule has 8 heteroatoms. The minimum absolute atomic E-state index is 0. The number of pyridine rings is 1. The number of hydrogen-bond acceptors (Lipinski definition) is 5. The van der Waals surface area contributed by atoms with Gasteiger partial charge in [-0.3, -0.25) is 0 Å². The zero-order valence-corrected chi connectivity index (χ0v) is 18.7. The quantitative estimate of drug-likeness (QED) is 0.191. The molecule has 0 atom stereocenters. The first-order chi connectivity index (χ1) is 12.8. The molecule has 0 bridgehead atoms. The number of hydrogen-bond donors (Lipinski definition) is 2. The Kier molecular flexibility index (Phi) is 13.2. The van der Waals surface area contributed by atoms with Crippen LogP contribution in [-0.4, -0.2) is 57.6 Å². The lowest BCUT2D eigenvalue weighted by Gasteiger charge is -2.11. The van der Waals surface area contributed by atoms with Crippen molar-refractivity contribution in [2.24, 2.45) is 10.9 Å². The van der Waals surface area contributed by atoms with E-state index in [4.69, 9.17) is 14.2 Å². The van der Waals surface area contributed by atoms with Crippen molar-refractivity contribution in [1.29, 1.82) is 0 Å². The van der Waals surface area contributed by atoms with Crippen LogP contribution in [-0.2, 0) is 16.0 Å². The molecule has 0 spiro atoms. The van der Waals surface area contributed by atoms with Crippen LogP contribution in [0.25, 0.3) is 0 Å². The third kappa shape index (κ3) is 11.3. The molecule has 1 aliphatic rings. The van der Waals surface area contributed by atoms with Crippen LogP contribution in [0.3, 0.4) is 0 Å². The fourth-order valence-corrected chi connectivity index (χ4v) is 2.22. The summed E-state index contributed by atoms with van der Waals surface area (Å²) in [6, 6.07) is 3.94. The molecular weight excluding hydrogens is 459 g/mol. The molecule has 1 aromatic heterocycles. The number of aromatic nitrogens is 1. The first-order valence-electron chi connectivity index (χ1n) is 9.48. The number of rotatable bonds is 13. The van der Waals surface area contributed by atoms with Gasteiger partial charge in [0.25, 0.3) is 0 Å². The number of nitrogens with zero attached hydrogens (tertiary/aromatic N) is 2. The SMILES string of the molecule is CCNC(=NCc1ccc(OCC2CC2)nc1)NCCCOCCOC.I. The Bertz CT molecular complexity index is 524. The van der Waals surface area contributed by atoms with Crippen molar-refractivity contribution in [3.63, 3.8) is 0 Å². The number of methoxy groups -OCH3 is 1. The fraction of sp³-hybridized carbons (Fsp3) is 0.684. The summed E-state index contributed by atoms with van der Waals surface area (Å²) in [6.07, 6.45) is 5.32. The van der Waals surface area contributed by atoms with Gasteiger partial charge in [0, 0.05) is 39.1 Å². The Morgan fingerprint density at radius 3 is 2.74 bits per heavy atom. The average molecular weight is 492 g/mol. The molecule has 0 radical (unpaired) electrons. The third-order valence-corrected chi connectivity index (χ3v) is 3.92. The van der Waals surface area contributed by atoms with Crippen LogP contribution in [0, 0.1) is 5.92 Å². The zero-order chi connectivity index (χ0) is 18.5. The van der Waals surface area contributed by atoms with Crippen molar-refractivity contribution in [3.8, 4) is 5.88 Å². The average Bonchev–Trinajstić information content (AvgIpc) is 3.49. The second-order valence-corrected chi connectivity index (χ2v) is 6.34. The molecule has 1 aliphatic carbocycles. The lowest BCUT2D eigenvalue weighted by atomic mass is 10.3. The molecule has 0 amide bonds. The highest BCUT2D eigenvalue weighted by Crippen LogP contribution is 2.29. The van der Waals surface area contributed by atoms with Crippen LogP contribution in [0.15, 0.2) is 23.3 Å². The maximum atomic E-state index is 5.66. The summed E-state index contributed by atoms with van der Waals surface area (Å²) in [6.45, 7) is 7.03. The van der Waals surface area contributed by atoms with Crippen molar-refractivity contribution in [2.75, 3.05) is 46.6 Å². The maximum Gasteiger partial charge on any atom is 0.213 e. The van der Waals surface area contributed by atoms with Crippen LogP contribution in [0.1, 0.15) is 31.7 Å². The van der Waals surface area contributed by atoms with Gasteiger partial charge in [0.15, 0.2) is 5.96 Å². The van der Waals surface area contributed by atoms with Gasteiger partial charge in [0.2, 0.25) is 5.88 Å². The lowest BCUT2D eigenvalue weighted by molar-refractivity contribution is 0.0698. The van der Waals surface area contributed by atoms with Gasteiger partial charge in [0.1, 0.15) is 0 Å². The van der Waals surface area contributed by atoms with Gasteiger partial charge < -0.3 is 24.8 Å². The summed E-state index contributed by atoms with van der Waals surface area (Å²) in [4.78, 5) is 8.95. The summed E-state index contributed by atoms with van der Waals surface area (Å²) in [5.74, 6) is 2.24. The molecule has 2 N–H and O–H groups in total. The van der Waals surface area contributed by atoms with Gasteiger partial charge in [0.05, 0.1) is 26.4 Å². The Labute approximate surface area is 179 Å². The molecule has 27 heavy (non-hydrogen) atoms. The highest BCUT2D eigenvalue weighted by Gasteiger charge is 2.21. The first kappa shape index (κ1) is 23.9. The maximum absolute atomic E-state index is 5.66. The van der Waals surface area contributed by atoms with E-state index in [-0.39, 0.29) is 24.0 Å². The molecule has 1 heterocycles. The normalized spacial score (nSPS) is 13.8. The first-order valence-corrected chi connectivity index (χ1v) is 9.48. The van der Waals surface area contributed by atoms with Crippen molar-refractivity contribution < 1.29 is 14.2 Å². The van der Waals surface area contributed by atoms with Crippen LogP contribution in [0.2, 0.25) is 0 Å². The zero-order valence-electron chi connectivity index (χ0n) is 16.4. The second-order valence-electron chi connectivity index (χ2n) is 6.34. The molecule has 2 rings (SSSR count). The van der Waals surface area contributed by atoms with E-state index < -0.39 is 0 Å². The van der Waals surface area contributed by atoms with Crippen LogP contribution >= 0.6 is 24.0 Å². The highest BCUT2D eigenvalue weighted by atomic mass is 127. The predicted octanol–water partition coefficient (Wildman–Crippen LogP) is 2.60. The highest BCUT2D eigenvalue weighted by molar-refractivity contribution is 14.0. The van der Waals surface area contributed by atoms with Gasteiger partial charge in [-0.1, -0.05) is 6.07 Å². The van der Waals surface area contributed by atoms with Gasteiger partial charge >= 0.3 is 0 Å². The van der Waals surface area contributed by atoms with E-state index in [2.05, 4.69) is 27.5 Å². The molecule has 7 nitrogen and oxygen atoms in total. The lowest BCUT2D eigenvalue weighted by Crippen LogP contribution is -2.38. The van der Waals surface area contributed by atoms with E-state index in [9.17, 15) is 0 Å². The molecular formula is C19H33IN4O3. The summed E-state index contributed by atoms with van der Waals surface area (Å²) >= 11 is 0. The Balaban J connectivity index is 0.00000364. The molecule has 1 saturated carbocycles. The molecule has 0 unspecified atom stereocenters. The Hall–Kier alpha value is -1.13. The van der Waals surface area contributed by atoms with E-state index >= 15 is 0 Å². The van der Waals surface area contributed by atoms with Gasteiger partial charge in [-0.05, 0) is 37.7 Å². The molecule has 1 fully saturated rings. The van der Waals surface area contributed by atoms with E-state index in [0.29, 0.717) is 32.2 Å². The monoisotopic (exact) mass is 492 g/mol. The number of guanidine groups is 1. The second kappa shape index (κ2) is 14.9. The number of nitrogens with one attached hydrogen (secondary N) is 2. The topological polar surface area (TPSA) is 77.0 Å². The summed E-state index contributed by atoms with van der Waals surface area (Å²) in [7, 11) is 1.67. The van der Waals surface area contributed by atoms with Crippen molar-refractivity contribution in [1.82, 2.24) is 15.6 Å². The third-order valence-electron chi connectivity index (χ3n) is 3.92. The number of halogens is 1. The summed E-state index contributed by atoms with van der Waals surface area (Å²) in [5.41, 5.74) is 1.06. The predicted molar refractivity (Wildman–Crippen MR) is 118 cm³/mol. The Morgan fingerprint density at radius 2 is 2.07 bits per heavy atom. The smallest absolute Gasteiger partial charge is 0.213 e. The molecule has 0 saturated heterocycles. The van der Waals surface area contributed by atoms with Gasteiger partial charge in [-0.2, -0.15) is 0 Å². The fourth-order valence-electron chi connectivity index (χ4n) is 2.22. The molecule has 0 aliphatic heterocycles. The van der Waals surface area contributed by atoms with Gasteiger partial charge in [-0.25, -0.2) is 9.98 Å². The van der Waals surface area contributed by atoms with E-state index in [1.165, 1.54) is 12.8 Å². The largest absolute Gasteiger partial charge is 0.477 e. The summed E-state index contributed by atoms with van der Waals surface area (Å²) in [5, 5.41) is 6.56. The van der Waals surface area contributed by atoms with Gasteiger partial charge in [-0.15, -0.1) is 24.0 Å². The van der Waals surface area contributed by atoms with Crippen molar-refractivity contribution in [3.05, 3.63) is 23.9 Å². The van der Waals surface area contributed by atoms with Crippen molar-refractivity contribution >= 4 is 29.9 Å². The van der Waals surface area contributed by atoms with Crippen molar-refractivity contribution in [2.45, 2.75) is 32.7 Å². The van der Waals surface area contributed by atoms with E-state index in [0.717, 1.165) is 43.6 Å². The van der Waals surface area contributed by atoms with Crippen LogP contribution < -0.4 is 15.4 Å². The molecule has 0 aromatic carbocycles.